The number of halogens is 1. The fourth-order valence-corrected chi connectivity index (χ4v) is 2.87. The van der Waals surface area contributed by atoms with Crippen LogP contribution in [0, 0.1) is 5.82 Å². The number of benzene rings is 2. The normalized spacial score (nSPS) is 12.6. The van der Waals surface area contributed by atoms with Gasteiger partial charge in [0.2, 0.25) is 17.7 Å². The summed E-state index contributed by atoms with van der Waals surface area (Å²) < 4.78 is 13.4. The van der Waals surface area contributed by atoms with Crippen LogP contribution in [0.5, 0.6) is 0 Å². The van der Waals surface area contributed by atoms with Crippen molar-refractivity contribution in [1.29, 1.82) is 0 Å². The largest absolute Gasteiger partial charge is 0.368 e. The Morgan fingerprint density at radius 2 is 1.64 bits per heavy atom. The van der Waals surface area contributed by atoms with Crippen molar-refractivity contribution in [1.82, 2.24) is 10.6 Å². The highest BCUT2D eigenvalue weighted by Crippen LogP contribution is 2.09. The fraction of sp³-hybridized carbons (Fsp3) is 0.286. The molecule has 3 amide bonds. The minimum absolute atomic E-state index is 0.0906. The molecule has 0 bridgehead atoms. The third kappa shape index (κ3) is 6.83. The Bertz CT molecular complexity index is 827. The monoisotopic (exact) mass is 385 g/mol. The molecule has 0 aliphatic carbocycles. The van der Waals surface area contributed by atoms with E-state index in [1.54, 1.807) is 6.07 Å². The summed E-state index contributed by atoms with van der Waals surface area (Å²) >= 11 is 0. The van der Waals surface area contributed by atoms with Gasteiger partial charge in [0.15, 0.2) is 0 Å². The number of amides is 3. The molecule has 0 aliphatic heterocycles. The average Bonchev–Trinajstić information content (AvgIpc) is 2.64. The first kappa shape index (κ1) is 21.1. The Morgan fingerprint density at radius 1 is 0.964 bits per heavy atom. The molecule has 0 spiro atoms. The van der Waals surface area contributed by atoms with E-state index in [-0.39, 0.29) is 6.42 Å². The van der Waals surface area contributed by atoms with Gasteiger partial charge in [-0.1, -0.05) is 42.5 Å². The van der Waals surface area contributed by atoms with Gasteiger partial charge in [0.05, 0.1) is 0 Å². The molecule has 0 aliphatic rings. The van der Waals surface area contributed by atoms with Crippen LogP contribution in [0.2, 0.25) is 0 Å². The van der Waals surface area contributed by atoms with Gasteiger partial charge in [-0.25, -0.2) is 4.39 Å². The number of hydrogen-bond acceptors (Lipinski definition) is 3. The maximum absolute atomic E-state index is 13.4. The third-order valence-corrected chi connectivity index (χ3v) is 4.25. The number of nitrogens with one attached hydrogen (secondary N) is 2. The first-order valence-electron chi connectivity index (χ1n) is 9.00. The molecule has 0 saturated carbocycles. The second kappa shape index (κ2) is 10.2. The van der Waals surface area contributed by atoms with Crippen LogP contribution in [0.3, 0.4) is 0 Å². The van der Waals surface area contributed by atoms with E-state index in [0.29, 0.717) is 18.4 Å². The van der Waals surface area contributed by atoms with E-state index < -0.39 is 35.6 Å². The first-order valence-corrected chi connectivity index (χ1v) is 9.00. The zero-order valence-corrected chi connectivity index (χ0v) is 15.7. The van der Waals surface area contributed by atoms with E-state index >= 15 is 0 Å². The fourth-order valence-electron chi connectivity index (χ4n) is 2.87. The maximum atomic E-state index is 13.4. The third-order valence-electron chi connectivity index (χ3n) is 4.25. The first-order chi connectivity index (χ1) is 13.3. The van der Waals surface area contributed by atoms with Gasteiger partial charge < -0.3 is 16.4 Å². The Kier molecular flexibility index (Phi) is 7.68. The van der Waals surface area contributed by atoms with Crippen LogP contribution in [-0.4, -0.2) is 29.8 Å². The summed E-state index contributed by atoms with van der Waals surface area (Å²) in [6.07, 6.45) is 0.981. The average molecular weight is 385 g/mol. The summed E-state index contributed by atoms with van der Waals surface area (Å²) in [5, 5.41) is 5.15. The highest BCUT2D eigenvalue weighted by atomic mass is 19.1. The van der Waals surface area contributed by atoms with Crippen molar-refractivity contribution in [2.45, 2.75) is 38.3 Å². The van der Waals surface area contributed by atoms with Crippen LogP contribution >= 0.6 is 0 Å². The topological polar surface area (TPSA) is 101 Å². The predicted octanol–water partition coefficient (Wildman–Crippen LogP) is 1.48. The lowest BCUT2D eigenvalue weighted by molar-refractivity contribution is -0.130. The molecule has 0 radical (unpaired) electrons. The van der Waals surface area contributed by atoms with E-state index in [9.17, 15) is 18.8 Å². The molecule has 2 rings (SSSR count). The zero-order chi connectivity index (χ0) is 20.5. The van der Waals surface area contributed by atoms with Crippen molar-refractivity contribution in [3.8, 4) is 0 Å². The summed E-state index contributed by atoms with van der Waals surface area (Å²) in [4.78, 5) is 35.9. The van der Waals surface area contributed by atoms with E-state index in [2.05, 4.69) is 10.6 Å². The van der Waals surface area contributed by atoms with Gasteiger partial charge in [-0.3, -0.25) is 14.4 Å². The lowest BCUT2D eigenvalue weighted by atomic mass is 10.0. The van der Waals surface area contributed by atoms with Crippen molar-refractivity contribution >= 4 is 17.7 Å². The van der Waals surface area contributed by atoms with Crippen LogP contribution < -0.4 is 16.4 Å². The second-order valence-corrected chi connectivity index (χ2v) is 6.57. The molecule has 148 valence electrons. The summed E-state index contributed by atoms with van der Waals surface area (Å²) in [5.41, 5.74) is 7.00. The molecule has 0 unspecified atom stereocenters. The standard InChI is InChI=1S/C21H24FN3O3/c1-14(26)24-19(13-16-8-5-9-17(22)12-16)21(28)25-18(20(23)27)11-10-15-6-3-2-4-7-15/h2-9,12,18-19H,10-11,13H2,1H3,(H2,23,27)(H,24,26)(H,25,28)/t18-,19-/m0/s1. The Hall–Kier alpha value is -3.22. The minimum Gasteiger partial charge on any atom is -0.368 e. The summed E-state index contributed by atoms with van der Waals surface area (Å²) in [5.74, 6) is -2.04. The Labute approximate surface area is 163 Å². The van der Waals surface area contributed by atoms with E-state index in [1.165, 1.54) is 25.1 Å². The summed E-state index contributed by atoms with van der Waals surface area (Å²) in [6.45, 7) is 1.28. The number of primary amides is 1. The molecule has 28 heavy (non-hydrogen) atoms. The molecular formula is C21H24FN3O3. The molecule has 2 atom stereocenters. The number of carbonyl (C=O) groups excluding carboxylic acids is 3. The Balaban J connectivity index is 2.05. The number of aryl methyl sites for hydroxylation is 1. The van der Waals surface area contributed by atoms with Gasteiger partial charge in [-0.15, -0.1) is 0 Å². The van der Waals surface area contributed by atoms with Crippen LogP contribution in [0.15, 0.2) is 54.6 Å². The Morgan fingerprint density at radius 3 is 2.25 bits per heavy atom. The number of nitrogens with two attached hydrogens (primary N) is 1. The van der Waals surface area contributed by atoms with Crippen LogP contribution in [0.25, 0.3) is 0 Å². The highest BCUT2D eigenvalue weighted by molar-refractivity contribution is 5.91. The lowest BCUT2D eigenvalue weighted by Crippen LogP contribution is -2.53. The molecular weight excluding hydrogens is 361 g/mol. The van der Waals surface area contributed by atoms with Crippen LogP contribution in [-0.2, 0) is 27.2 Å². The van der Waals surface area contributed by atoms with Crippen LogP contribution in [0.4, 0.5) is 4.39 Å². The quantitative estimate of drug-likeness (QED) is 0.609. The van der Waals surface area contributed by atoms with E-state index in [1.807, 2.05) is 30.3 Å². The van der Waals surface area contributed by atoms with Crippen molar-refractivity contribution in [3.63, 3.8) is 0 Å². The van der Waals surface area contributed by atoms with Gasteiger partial charge in [-0.2, -0.15) is 0 Å². The number of carbonyl (C=O) groups is 3. The molecule has 6 nitrogen and oxygen atoms in total. The summed E-state index contributed by atoms with van der Waals surface area (Å²) in [6, 6.07) is 13.5. The van der Waals surface area contributed by atoms with Crippen molar-refractivity contribution in [2.75, 3.05) is 0 Å². The summed E-state index contributed by atoms with van der Waals surface area (Å²) in [7, 11) is 0. The van der Waals surface area contributed by atoms with Crippen molar-refractivity contribution in [2.24, 2.45) is 5.73 Å². The van der Waals surface area contributed by atoms with Gasteiger partial charge >= 0.3 is 0 Å². The molecule has 0 saturated heterocycles. The van der Waals surface area contributed by atoms with Gasteiger partial charge in [0.25, 0.3) is 0 Å². The smallest absolute Gasteiger partial charge is 0.243 e. The van der Waals surface area contributed by atoms with Gasteiger partial charge in [0.1, 0.15) is 17.9 Å². The molecule has 0 fully saturated rings. The molecule has 2 aromatic rings. The van der Waals surface area contributed by atoms with Gasteiger partial charge in [-0.05, 0) is 36.1 Å². The lowest BCUT2D eigenvalue weighted by Gasteiger charge is -2.21. The number of rotatable bonds is 9. The van der Waals surface area contributed by atoms with E-state index in [4.69, 9.17) is 5.73 Å². The highest BCUT2D eigenvalue weighted by Gasteiger charge is 2.25. The van der Waals surface area contributed by atoms with Crippen molar-refractivity contribution < 1.29 is 18.8 Å². The minimum atomic E-state index is -0.946. The van der Waals surface area contributed by atoms with Crippen LogP contribution in [0.1, 0.15) is 24.5 Å². The maximum Gasteiger partial charge on any atom is 0.243 e. The second-order valence-electron chi connectivity index (χ2n) is 6.57. The molecule has 4 N–H and O–H groups in total. The van der Waals surface area contributed by atoms with Crippen molar-refractivity contribution in [3.05, 3.63) is 71.5 Å². The zero-order valence-electron chi connectivity index (χ0n) is 15.7. The predicted molar refractivity (Wildman–Crippen MR) is 104 cm³/mol. The van der Waals surface area contributed by atoms with E-state index in [0.717, 1.165) is 5.56 Å². The van der Waals surface area contributed by atoms with Gasteiger partial charge in [0, 0.05) is 13.3 Å². The number of hydrogen-bond donors (Lipinski definition) is 3. The SMILES string of the molecule is CC(=O)N[C@@H](Cc1cccc(F)c1)C(=O)N[C@@H](CCc1ccccc1)C(N)=O. The molecule has 2 aromatic carbocycles. The molecule has 7 heteroatoms. The molecule has 0 aromatic heterocycles. The molecule has 0 heterocycles.